The summed E-state index contributed by atoms with van der Waals surface area (Å²) in [5.41, 5.74) is 5.56. The molecule has 72 valence electrons. The fourth-order valence-corrected chi connectivity index (χ4v) is 1.05. The van der Waals surface area contributed by atoms with E-state index in [2.05, 4.69) is 0 Å². The maximum absolute atomic E-state index is 11.5. The fourth-order valence-electron chi connectivity index (χ4n) is 0.444. The monoisotopic (exact) mass is 202 g/mol. The highest BCUT2D eigenvalue weighted by molar-refractivity contribution is 8.00. The SMILES string of the molecule is NC(=O)C(N)CCSC(F)(F)F. The van der Waals surface area contributed by atoms with Gasteiger partial charge in [0.2, 0.25) is 5.91 Å². The summed E-state index contributed by atoms with van der Waals surface area (Å²) in [6.07, 6.45) is -0.0560. The number of carbonyl (C=O) groups excluding carboxylic acids is 1. The third kappa shape index (κ3) is 6.29. The van der Waals surface area contributed by atoms with Gasteiger partial charge in [-0.05, 0) is 6.42 Å². The number of nitrogens with two attached hydrogens (primary N) is 2. The quantitative estimate of drug-likeness (QED) is 0.695. The Hall–Kier alpha value is -0.430. The molecule has 3 nitrogen and oxygen atoms in total. The lowest BCUT2D eigenvalue weighted by Crippen LogP contribution is -2.36. The van der Waals surface area contributed by atoms with E-state index in [0.29, 0.717) is 0 Å². The smallest absolute Gasteiger partial charge is 0.368 e. The molecule has 0 fully saturated rings. The maximum Gasteiger partial charge on any atom is 0.441 e. The van der Waals surface area contributed by atoms with E-state index in [0.717, 1.165) is 0 Å². The molecule has 0 aliphatic heterocycles. The van der Waals surface area contributed by atoms with E-state index in [1.807, 2.05) is 0 Å². The van der Waals surface area contributed by atoms with Crippen molar-refractivity contribution in [2.24, 2.45) is 11.5 Å². The van der Waals surface area contributed by atoms with Crippen molar-refractivity contribution in [3.05, 3.63) is 0 Å². The second kappa shape index (κ2) is 4.56. The molecule has 1 amide bonds. The van der Waals surface area contributed by atoms with E-state index in [4.69, 9.17) is 11.5 Å². The van der Waals surface area contributed by atoms with Crippen LogP contribution in [-0.2, 0) is 4.79 Å². The normalized spacial score (nSPS) is 14.3. The average Bonchev–Trinajstić information content (AvgIpc) is 1.84. The minimum absolute atomic E-state index is 0.0560. The molecule has 0 aromatic carbocycles. The fraction of sp³-hybridized carbons (Fsp3) is 0.800. The largest absolute Gasteiger partial charge is 0.441 e. The zero-order valence-electron chi connectivity index (χ0n) is 6.10. The number of rotatable bonds is 4. The molecule has 0 saturated carbocycles. The Morgan fingerprint density at radius 2 is 2.00 bits per heavy atom. The Labute approximate surface area is 71.7 Å². The number of primary amides is 1. The highest BCUT2D eigenvalue weighted by Gasteiger charge is 2.28. The zero-order chi connectivity index (χ0) is 9.78. The van der Waals surface area contributed by atoms with Gasteiger partial charge in [-0.2, -0.15) is 13.2 Å². The molecular weight excluding hydrogens is 193 g/mol. The summed E-state index contributed by atoms with van der Waals surface area (Å²) < 4.78 is 34.5. The van der Waals surface area contributed by atoms with Gasteiger partial charge in [0.15, 0.2) is 0 Å². The predicted molar refractivity (Wildman–Crippen MR) is 40.3 cm³/mol. The van der Waals surface area contributed by atoms with Gasteiger partial charge in [0.1, 0.15) is 0 Å². The molecule has 4 N–H and O–H groups in total. The lowest BCUT2D eigenvalue weighted by molar-refractivity contribution is -0.119. The van der Waals surface area contributed by atoms with Crippen LogP contribution in [0.15, 0.2) is 0 Å². The number of thioether (sulfide) groups is 1. The van der Waals surface area contributed by atoms with Crippen LogP contribution in [0.1, 0.15) is 6.42 Å². The molecule has 0 aliphatic carbocycles. The number of hydrogen-bond donors (Lipinski definition) is 2. The zero-order valence-corrected chi connectivity index (χ0v) is 6.91. The molecule has 1 unspecified atom stereocenters. The molecule has 12 heavy (non-hydrogen) atoms. The Kier molecular flexibility index (Phi) is 4.40. The lowest BCUT2D eigenvalue weighted by Gasteiger charge is -2.08. The van der Waals surface area contributed by atoms with Gasteiger partial charge in [0.05, 0.1) is 6.04 Å². The molecule has 0 aliphatic rings. The molecule has 0 spiro atoms. The lowest BCUT2D eigenvalue weighted by atomic mass is 10.2. The van der Waals surface area contributed by atoms with Gasteiger partial charge >= 0.3 is 5.51 Å². The van der Waals surface area contributed by atoms with Crippen molar-refractivity contribution in [1.82, 2.24) is 0 Å². The van der Waals surface area contributed by atoms with Gasteiger partial charge < -0.3 is 11.5 Å². The summed E-state index contributed by atoms with van der Waals surface area (Å²) in [6, 6.07) is -0.986. The highest BCUT2D eigenvalue weighted by Crippen LogP contribution is 2.30. The summed E-state index contributed by atoms with van der Waals surface area (Å²) in [6.45, 7) is 0. The van der Waals surface area contributed by atoms with Crippen LogP contribution in [0.3, 0.4) is 0 Å². The number of halogens is 3. The average molecular weight is 202 g/mol. The molecule has 0 saturated heterocycles. The third-order valence-electron chi connectivity index (χ3n) is 1.06. The minimum Gasteiger partial charge on any atom is -0.368 e. The van der Waals surface area contributed by atoms with Crippen molar-refractivity contribution in [1.29, 1.82) is 0 Å². The summed E-state index contributed by atoms with van der Waals surface area (Å²) in [5.74, 6) is -1.02. The number of amides is 1. The first-order valence-corrected chi connectivity index (χ1v) is 4.07. The van der Waals surface area contributed by atoms with Crippen LogP contribution in [0.25, 0.3) is 0 Å². The van der Waals surface area contributed by atoms with Crippen molar-refractivity contribution >= 4 is 17.7 Å². The number of carbonyl (C=O) groups is 1. The summed E-state index contributed by atoms with van der Waals surface area (Å²) >= 11 is -0.208. The molecule has 0 aromatic heterocycles. The van der Waals surface area contributed by atoms with Crippen molar-refractivity contribution in [2.45, 2.75) is 18.0 Å². The van der Waals surface area contributed by atoms with Gasteiger partial charge in [-0.15, -0.1) is 0 Å². The molecule has 0 bridgehead atoms. The van der Waals surface area contributed by atoms with E-state index < -0.39 is 17.5 Å². The first kappa shape index (κ1) is 11.6. The van der Waals surface area contributed by atoms with E-state index in [1.165, 1.54) is 0 Å². The minimum atomic E-state index is -4.27. The summed E-state index contributed by atoms with van der Waals surface area (Å²) in [4.78, 5) is 10.3. The van der Waals surface area contributed by atoms with E-state index in [-0.39, 0.29) is 23.9 Å². The number of alkyl halides is 3. The molecular formula is C5H9F3N2OS. The molecule has 1 atom stereocenters. The molecule has 0 heterocycles. The first-order valence-electron chi connectivity index (χ1n) is 3.08. The van der Waals surface area contributed by atoms with E-state index in [1.54, 1.807) is 0 Å². The third-order valence-corrected chi connectivity index (χ3v) is 1.83. The maximum atomic E-state index is 11.5. The van der Waals surface area contributed by atoms with E-state index in [9.17, 15) is 18.0 Å². The second-order valence-corrected chi connectivity index (χ2v) is 3.25. The first-order chi connectivity index (χ1) is 5.33. The topological polar surface area (TPSA) is 69.1 Å². The van der Waals surface area contributed by atoms with Crippen LogP contribution >= 0.6 is 11.8 Å². The Balaban J connectivity index is 3.51. The van der Waals surface area contributed by atoms with Crippen molar-refractivity contribution in [2.75, 3.05) is 5.75 Å². The van der Waals surface area contributed by atoms with Crippen LogP contribution in [0.5, 0.6) is 0 Å². The van der Waals surface area contributed by atoms with Crippen LogP contribution in [-0.4, -0.2) is 23.2 Å². The molecule has 7 heteroatoms. The second-order valence-electron chi connectivity index (χ2n) is 2.09. The van der Waals surface area contributed by atoms with E-state index >= 15 is 0 Å². The van der Waals surface area contributed by atoms with Crippen LogP contribution in [0, 0.1) is 0 Å². The van der Waals surface area contributed by atoms with Crippen LogP contribution in [0.2, 0.25) is 0 Å². The van der Waals surface area contributed by atoms with Crippen molar-refractivity contribution in [3.8, 4) is 0 Å². The van der Waals surface area contributed by atoms with Crippen LogP contribution < -0.4 is 11.5 Å². The standard InChI is InChI=1S/C5H9F3N2OS/c6-5(7,8)12-2-1-3(9)4(10)11/h3H,1-2,9H2,(H2,10,11). The van der Waals surface area contributed by atoms with Gasteiger partial charge in [0, 0.05) is 5.75 Å². The summed E-state index contributed by atoms with van der Waals surface area (Å²) in [7, 11) is 0. The summed E-state index contributed by atoms with van der Waals surface area (Å²) in [5, 5.41) is 0. The van der Waals surface area contributed by atoms with Gasteiger partial charge in [0.25, 0.3) is 0 Å². The Morgan fingerprint density at radius 1 is 1.50 bits per heavy atom. The van der Waals surface area contributed by atoms with Gasteiger partial charge in [-0.1, -0.05) is 11.8 Å². The van der Waals surface area contributed by atoms with Gasteiger partial charge in [-0.3, -0.25) is 4.79 Å². The van der Waals surface area contributed by atoms with Crippen LogP contribution in [0.4, 0.5) is 13.2 Å². The Bertz CT molecular complexity index is 161. The number of hydrogen-bond acceptors (Lipinski definition) is 3. The molecule has 0 aromatic rings. The highest BCUT2D eigenvalue weighted by atomic mass is 32.2. The van der Waals surface area contributed by atoms with Gasteiger partial charge in [-0.25, -0.2) is 0 Å². The molecule has 0 radical (unpaired) electrons. The Morgan fingerprint density at radius 3 is 2.33 bits per heavy atom. The van der Waals surface area contributed by atoms with Crippen molar-refractivity contribution in [3.63, 3.8) is 0 Å². The molecule has 0 rings (SSSR count). The van der Waals surface area contributed by atoms with Crippen molar-refractivity contribution < 1.29 is 18.0 Å². The predicted octanol–water partition coefficient (Wildman–Crippen LogP) is 0.442.